The van der Waals surface area contributed by atoms with Crippen molar-refractivity contribution in [2.75, 3.05) is 49.1 Å². The fourth-order valence-corrected chi connectivity index (χ4v) is 3.93. The molecule has 0 amide bonds. The van der Waals surface area contributed by atoms with Gasteiger partial charge in [0.15, 0.2) is 0 Å². The molecular formula is C20H28N6. The van der Waals surface area contributed by atoms with Gasteiger partial charge in [-0.25, -0.2) is 9.97 Å². The second-order valence-corrected chi connectivity index (χ2v) is 7.46. The molecule has 0 radical (unpaired) electrons. The number of anilines is 2. The van der Waals surface area contributed by atoms with E-state index in [0.29, 0.717) is 0 Å². The summed E-state index contributed by atoms with van der Waals surface area (Å²) in [5.41, 5.74) is 4.69. The van der Waals surface area contributed by atoms with E-state index in [1.54, 1.807) is 0 Å². The Labute approximate surface area is 155 Å². The van der Waals surface area contributed by atoms with Crippen molar-refractivity contribution in [2.45, 2.75) is 33.2 Å². The van der Waals surface area contributed by atoms with Crippen molar-refractivity contribution in [1.82, 2.24) is 19.9 Å². The summed E-state index contributed by atoms with van der Waals surface area (Å²) in [6, 6.07) is 4.38. The van der Waals surface area contributed by atoms with Gasteiger partial charge in [0.25, 0.3) is 0 Å². The average Bonchev–Trinajstić information content (AvgIpc) is 3.17. The maximum absolute atomic E-state index is 4.58. The molecule has 2 fully saturated rings. The van der Waals surface area contributed by atoms with Crippen LogP contribution in [0, 0.1) is 13.8 Å². The number of hydrogen-bond acceptors (Lipinski definition) is 6. The Balaban J connectivity index is 1.32. The first-order valence-electron chi connectivity index (χ1n) is 9.66. The lowest BCUT2D eigenvalue weighted by Crippen LogP contribution is -2.46. The van der Waals surface area contributed by atoms with Crippen molar-refractivity contribution >= 4 is 11.6 Å². The van der Waals surface area contributed by atoms with Crippen LogP contribution in [-0.2, 0) is 6.54 Å². The minimum absolute atomic E-state index is 0.888. The predicted octanol–water partition coefficient (Wildman–Crippen LogP) is 2.41. The van der Waals surface area contributed by atoms with Crippen LogP contribution in [0.15, 0.2) is 24.5 Å². The molecule has 2 aromatic heterocycles. The molecule has 0 spiro atoms. The maximum Gasteiger partial charge on any atom is 0.225 e. The fourth-order valence-electron chi connectivity index (χ4n) is 3.93. The maximum atomic E-state index is 4.58. The number of aromatic nitrogens is 3. The van der Waals surface area contributed by atoms with Crippen LogP contribution in [0.1, 0.15) is 29.8 Å². The SMILES string of the molecule is Cc1cc(N2CCN(Cc3cnc(N4CCCC4)nc3)CC2)cc(C)n1. The van der Waals surface area contributed by atoms with E-state index in [9.17, 15) is 0 Å². The summed E-state index contributed by atoms with van der Waals surface area (Å²) in [5, 5.41) is 0. The average molecular weight is 352 g/mol. The van der Waals surface area contributed by atoms with Gasteiger partial charge in [-0.2, -0.15) is 0 Å². The van der Waals surface area contributed by atoms with Gasteiger partial charge >= 0.3 is 0 Å². The number of rotatable bonds is 4. The molecule has 138 valence electrons. The largest absolute Gasteiger partial charge is 0.369 e. The van der Waals surface area contributed by atoms with Crippen molar-refractivity contribution in [3.63, 3.8) is 0 Å². The lowest BCUT2D eigenvalue weighted by atomic mass is 10.2. The predicted molar refractivity (Wildman–Crippen MR) is 105 cm³/mol. The Kier molecular flexibility index (Phi) is 5.02. The van der Waals surface area contributed by atoms with E-state index in [1.807, 2.05) is 12.4 Å². The second-order valence-electron chi connectivity index (χ2n) is 7.46. The molecule has 0 unspecified atom stereocenters. The third-order valence-corrected chi connectivity index (χ3v) is 5.29. The summed E-state index contributed by atoms with van der Waals surface area (Å²) in [4.78, 5) is 20.9. The van der Waals surface area contributed by atoms with Crippen molar-refractivity contribution in [1.29, 1.82) is 0 Å². The van der Waals surface area contributed by atoms with Crippen molar-refractivity contribution in [3.8, 4) is 0 Å². The summed E-state index contributed by atoms with van der Waals surface area (Å²) in [7, 11) is 0. The monoisotopic (exact) mass is 352 g/mol. The first kappa shape index (κ1) is 17.2. The number of piperazine rings is 1. The molecular weight excluding hydrogens is 324 g/mol. The highest BCUT2D eigenvalue weighted by atomic mass is 15.3. The quantitative estimate of drug-likeness (QED) is 0.842. The van der Waals surface area contributed by atoms with Gasteiger partial charge in [0.2, 0.25) is 5.95 Å². The summed E-state index contributed by atoms with van der Waals surface area (Å²) in [6.07, 6.45) is 6.52. The second kappa shape index (κ2) is 7.58. The lowest BCUT2D eigenvalue weighted by molar-refractivity contribution is 0.249. The van der Waals surface area contributed by atoms with E-state index >= 15 is 0 Å². The van der Waals surface area contributed by atoms with E-state index in [0.717, 1.165) is 63.1 Å². The molecule has 6 nitrogen and oxygen atoms in total. The zero-order chi connectivity index (χ0) is 17.9. The van der Waals surface area contributed by atoms with Gasteiger partial charge in [-0.05, 0) is 38.8 Å². The Morgan fingerprint density at radius 2 is 1.42 bits per heavy atom. The minimum atomic E-state index is 0.888. The highest BCUT2D eigenvalue weighted by molar-refractivity contribution is 5.48. The topological polar surface area (TPSA) is 48.4 Å². The molecule has 4 heterocycles. The number of hydrogen-bond donors (Lipinski definition) is 0. The zero-order valence-corrected chi connectivity index (χ0v) is 15.9. The van der Waals surface area contributed by atoms with E-state index in [2.05, 4.69) is 55.6 Å². The molecule has 0 aromatic carbocycles. The van der Waals surface area contributed by atoms with Gasteiger partial charge in [-0.1, -0.05) is 0 Å². The van der Waals surface area contributed by atoms with Gasteiger partial charge in [0, 0.05) is 80.8 Å². The Bertz CT molecular complexity index is 710. The minimum Gasteiger partial charge on any atom is -0.369 e. The van der Waals surface area contributed by atoms with Crippen molar-refractivity contribution < 1.29 is 0 Å². The van der Waals surface area contributed by atoms with Gasteiger partial charge < -0.3 is 9.80 Å². The van der Waals surface area contributed by atoms with Gasteiger partial charge in [0.1, 0.15) is 0 Å². The summed E-state index contributed by atoms with van der Waals surface area (Å²) >= 11 is 0. The number of nitrogens with zero attached hydrogens (tertiary/aromatic N) is 6. The standard InChI is InChI=1S/C20H28N6/c1-16-11-19(12-17(2)23-16)25-9-7-24(8-10-25)15-18-13-21-20(22-14-18)26-5-3-4-6-26/h11-14H,3-10,15H2,1-2H3. The molecule has 0 aliphatic carbocycles. The van der Waals surface area contributed by atoms with Crippen LogP contribution in [0.3, 0.4) is 0 Å². The van der Waals surface area contributed by atoms with Gasteiger partial charge in [-0.15, -0.1) is 0 Å². The normalized spacial score (nSPS) is 18.5. The van der Waals surface area contributed by atoms with E-state index in [4.69, 9.17) is 0 Å². The van der Waals surface area contributed by atoms with E-state index < -0.39 is 0 Å². The van der Waals surface area contributed by atoms with Crippen LogP contribution in [0.25, 0.3) is 0 Å². The first-order valence-corrected chi connectivity index (χ1v) is 9.66. The molecule has 0 N–H and O–H groups in total. The Morgan fingerprint density at radius 1 is 0.808 bits per heavy atom. The molecule has 0 bridgehead atoms. The number of aryl methyl sites for hydroxylation is 2. The van der Waals surface area contributed by atoms with E-state index in [-0.39, 0.29) is 0 Å². The Hall–Kier alpha value is -2.21. The molecule has 2 aliphatic rings. The highest BCUT2D eigenvalue weighted by Crippen LogP contribution is 2.20. The van der Waals surface area contributed by atoms with Crippen LogP contribution >= 0.6 is 0 Å². The highest BCUT2D eigenvalue weighted by Gasteiger charge is 2.19. The van der Waals surface area contributed by atoms with Crippen LogP contribution in [0.4, 0.5) is 11.6 Å². The zero-order valence-electron chi connectivity index (χ0n) is 15.9. The van der Waals surface area contributed by atoms with Crippen LogP contribution < -0.4 is 9.80 Å². The number of pyridine rings is 1. The van der Waals surface area contributed by atoms with Crippen LogP contribution in [0.5, 0.6) is 0 Å². The van der Waals surface area contributed by atoms with Crippen molar-refractivity contribution in [2.24, 2.45) is 0 Å². The molecule has 26 heavy (non-hydrogen) atoms. The summed E-state index contributed by atoms with van der Waals surface area (Å²) in [5.74, 6) is 0.888. The molecule has 2 aliphatic heterocycles. The third-order valence-electron chi connectivity index (χ3n) is 5.29. The molecule has 2 saturated heterocycles. The first-order chi connectivity index (χ1) is 12.7. The smallest absolute Gasteiger partial charge is 0.225 e. The molecule has 0 saturated carbocycles. The van der Waals surface area contributed by atoms with Crippen LogP contribution in [-0.4, -0.2) is 59.1 Å². The molecule has 6 heteroatoms. The fraction of sp³-hybridized carbons (Fsp3) is 0.550. The summed E-state index contributed by atoms with van der Waals surface area (Å²) < 4.78 is 0. The summed E-state index contributed by atoms with van der Waals surface area (Å²) in [6.45, 7) is 11.5. The van der Waals surface area contributed by atoms with Crippen LogP contribution in [0.2, 0.25) is 0 Å². The van der Waals surface area contributed by atoms with Gasteiger partial charge in [-0.3, -0.25) is 9.88 Å². The van der Waals surface area contributed by atoms with E-state index in [1.165, 1.54) is 24.1 Å². The molecule has 4 rings (SSSR count). The third kappa shape index (κ3) is 3.96. The lowest BCUT2D eigenvalue weighted by Gasteiger charge is -2.36. The molecule has 2 aromatic rings. The van der Waals surface area contributed by atoms with Gasteiger partial charge in [0.05, 0.1) is 0 Å². The molecule has 0 atom stereocenters. The van der Waals surface area contributed by atoms with Crippen molar-refractivity contribution in [3.05, 3.63) is 41.5 Å². The Morgan fingerprint density at radius 3 is 2.04 bits per heavy atom.